The Labute approximate surface area is 84.1 Å². The average molecular weight is 200 g/mol. The summed E-state index contributed by atoms with van der Waals surface area (Å²) >= 11 is 5.54. The molecule has 0 aliphatic heterocycles. The largest absolute Gasteiger partial charge is 0.349 e. The van der Waals surface area contributed by atoms with Crippen molar-refractivity contribution >= 4 is 17.5 Å². The summed E-state index contributed by atoms with van der Waals surface area (Å²) in [5.74, 6) is 0.0926. The summed E-state index contributed by atoms with van der Waals surface area (Å²) in [5, 5.41) is 0.794. The molecule has 0 saturated carbocycles. The highest BCUT2D eigenvalue weighted by molar-refractivity contribution is 6.30. The van der Waals surface area contributed by atoms with Crippen molar-refractivity contribution in [1.29, 1.82) is 0 Å². The lowest BCUT2D eigenvalue weighted by Gasteiger charge is -2.02. The van der Waals surface area contributed by atoms with E-state index in [1.165, 1.54) is 11.8 Å². The lowest BCUT2D eigenvalue weighted by atomic mass is 10.4. The van der Waals surface area contributed by atoms with Crippen molar-refractivity contribution in [3.8, 4) is 0 Å². The molecule has 0 aliphatic rings. The molecule has 1 aromatic carbocycles. The molecule has 0 atom stereocenters. The monoisotopic (exact) mass is 199 g/mol. The van der Waals surface area contributed by atoms with E-state index >= 15 is 0 Å². The first-order chi connectivity index (χ1) is 6.04. The molecule has 13 heavy (non-hydrogen) atoms. The SMILES string of the molecule is CC(=O)N(C)C.Clc1ccccc1. The zero-order chi connectivity index (χ0) is 10.3. The van der Waals surface area contributed by atoms with Gasteiger partial charge in [0.25, 0.3) is 0 Å². The van der Waals surface area contributed by atoms with E-state index in [0.717, 1.165) is 5.02 Å². The quantitative estimate of drug-likeness (QED) is 0.629. The molecule has 1 rings (SSSR count). The van der Waals surface area contributed by atoms with Gasteiger partial charge >= 0.3 is 0 Å². The van der Waals surface area contributed by atoms with Crippen molar-refractivity contribution in [3.05, 3.63) is 35.4 Å². The van der Waals surface area contributed by atoms with Crippen LogP contribution < -0.4 is 0 Å². The zero-order valence-corrected chi connectivity index (χ0v) is 8.88. The Kier molecular flexibility index (Phi) is 5.98. The standard InChI is InChI=1S/C6H5Cl.C4H9NO/c7-6-4-2-1-3-5-6;1-4(6)5(2)3/h1-5H;1-3H3. The van der Waals surface area contributed by atoms with Gasteiger partial charge in [0.15, 0.2) is 0 Å². The van der Waals surface area contributed by atoms with Gasteiger partial charge in [0.2, 0.25) is 5.91 Å². The lowest BCUT2D eigenvalue weighted by Crippen LogP contribution is -2.17. The number of hydrogen-bond acceptors (Lipinski definition) is 1. The van der Waals surface area contributed by atoms with E-state index < -0.39 is 0 Å². The van der Waals surface area contributed by atoms with E-state index in [1.807, 2.05) is 30.3 Å². The molecule has 0 unspecified atom stereocenters. The van der Waals surface area contributed by atoms with Crippen molar-refractivity contribution in [3.63, 3.8) is 0 Å². The van der Waals surface area contributed by atoms with Gasteiger partial charge in [0.1, 0.15) is 0 Å². The minimum atomic E-state index is 0.0926. The number of amides is 1. The molecule has 0 bridgehead atoms. The maximum absolute atomic E-state index is 10.1. The Hall–Kier alpha value is -1.02. The zero-order valence-electron chi connectivity index (χ0n) is 8.12. The number of carbonyl (C=O) groups is 1. The van der Waals surface area contributed by atoms with Gasteiger partial charge in [-0.1, -0.05) is 29.8 Å². The number of hydrogen-bond donors (Lipinski definition) is 0. The minimum absolute atomic E-state index is 0.0926. The highest BCUT2D eigenvalue weighted by atomic mass is 35.5. The highest BCUT2D eigenvalue weighted by Crippen LogP contribution is 2.03. The van der Waals surface area contributed by atoms with Gasteiger partial charge in [-0.3, -0.25) is 4.79 Å². The van der Waals surface area contributed by atoms with E-state index in [-0.39, 0.29) is 5.91 Å². The van der Waals surface area contributed by atoms with Crippen molar-refractivity contribution < 1.29 is 4.79 Å². The molecule has 0 aromatic heterocycles. The molecular formula is C10H14ClNO. The van der Waals surface area contributed by atoms with Crippen LogP contribution in [0.1, 0.15) is 6.92 Å². The van der Waals surface area contributed by atoms with E-state index in [0.29, 0.717) is 0 Å². The van der Waals surface area contributed by atoms with Crippen LogP contribution in [0.3, 0.4) is 0 Å². The van der Waals surface area contributed by atoms with Crippen LogP contribution in [-0.4, -0.2) is 24.9 Å². The highest BCUT2D eigenvalue weighted by Gasteiger charge is 1.87. The van der Waals surface area contributed by atoms with Crippen LogP contribution in [0.2, 0.25) is 5.02 Å². The number of benzene rings is 1. The molecule has 0 N–H and O–H groups in total. The van der Waals surface area contributed by atoms with Crippen LogP contribution in [0.4, 0.5) is 0 Å². The summed E-state index contributed by atoms with van der Waals surface area (Å²) in [4.78, 5) is 11.6. The first kappa shape index (κ1) is 12.0. The number of halogens is 1. The van der Waals surface area contributed by atoms with Crippen molar-refractivity contribution in [2.24, 2.45) is 0 Å². The predicted octanol–water partition coefficient (Wildman–Crippen LogP) is 2.43. The molecule has 1 aromatic rings. The van der Waals surface area contributed by atoms with Crippen LogP contribution in [0.25, 0.3) is 0 Å². The molecule has 0 aliphatic carbocycles. The van der Waals surface area contributed by atoms with Gasteiger partial charge in [-0.15, -0.1) is 0 Å². The Morgan fingerprint density at radius 1 is 1.23 bits per heavy atom. The van der Waals surface area contributed by atoms with Crippen LogP contribution in [-0.2, 0) is 4.79 Å². The Morgan fingerprint density at radius 3 is 1.77 bits per heavy atom. The molecule has 0 fully saturated rings. The molecule has 0 heterocycles. The number of carbonyl (C=O) groups excluding carboxylic acids is 1. The number of rotatable bonds is 0. The molecule has 1 amide bonds. The van der Waals surface area contributed by atoms with Crippen LogP contribution in [0.5, 0.6) is 0 Å². The Bertz CT molecular complexity index is 246. The first-order valence-corrected chi connectivity index (χ1v) is 4.30. The van der Waals surface area contributed by atoms with E-state index in [4.69, 9.17) is 11.6 Å². The second-order valence-electron chi connectivity index (χ2n) is 2.71. The van der Waals surface area contributed by atoms with Crippen molar-refractivity contribution in [2.75, 3.05) is 14.1 Å². The second kappa shape index (κ2) is 6.49. The molecule has 2 nitrogen and oxygen atoms in total. The average Bonchev–Trinajstić information content (AvgIpc) is 2.06. The molecule has 72 valence electrons. The third-order valence-electron chi connectivity index (χ3n) is 1.36. The Morgan fingerprint density at radius 2 is 1.62 bits per heavy atom. The van der Waals surface area contributed by atoms with Crippen LogP contribution in [0.15, 0.2) is 30.3 Å². The predicted molar refractivity (Wildman–Crippen MR) is 55.8 cm³/mol. The number of nitrogens with zero attached hydrogens (tertiary/aromatic N) is 1. The van der Waals surface area contributed by atoms with Gasteiger partial charge in [-0.25, -0.2) is 0 Å². The van der Waals surface area contributed by atoms with Gasteiger partial charge in [-0.05, 0) is 12.1 Å². The van der Waals surface area contributed by atoms with Gasteiger partial charge in [-0.2, -0.15) is 0 Å². The summed E-state index contributed by atoms with van der Waals surface area (Å²) < 4.78 is 0. The van der Waals surface area contributed by atoms with E-state index in [1.54, 1.807) is 14.1 Å². The molecule has 3 heteroatoms. The van der Waals surface area contributed by atoms with Gasteiger partial charge < -0.3 is 4.90 Å². The third kappa shape index (κ3) is 7.34. The molecular weight excluding hydrogens is 186 g/mol. The van der Waals surface area contributed by atoms with Crippen molar-refractivity contribution in [2.45, 2.75) is 6.92 Å². The second-order valence-corrected chi connectivity index (χ2v) is 3.15. The summed E-state index contributed by atoms with van der Waals surface area (Å²) in [6.45, 7) is 1.53. The lowest BCUT2D eigenvalue weighted by molar-refractivity contribution is -0.126. The van der Waals surface area contributed by atoms with Crippen molar-refractivity contribution in [1.82, 2.24) is 4.90 Å². The minimum Gasteiger partial charge on any atom is -0.349 e. The summed E-state index contributed by atoms with van der Waals surface area (Å²) in [5.41, 5.74) is 0. The Balaban J connectivity index is 0.000000226. The fraction of sp³-hybridized carbons (Fsp3) is 0.300. The maximum atomic E-state index is 10.1. The normalized spacial score (nSPS) is 8.31. The molecule has 0 spiro atoms. The first-order valence-electron chi connectivity index (χ1n) is 3.92. The summed E-state index contributed by atoms with van der Waals surface area (Å²) in [6.07, 6.45) is 0. The topological polar surface area (TPSA) is 20.3 Å². The molecule has 0 radical (unpaired) electrons. The maximum Gasteiger partial charge on any atom is 0.218 e. The fourth-order valence-electron chi connectivity index (χ4n) is 0.415. The third-order valence-corrected chi connectivity index (χ3v) is 1.61. The molecule has 0 saturated heterocycles. The fourth-order valence-corrected chi connectivity index (χ4v) is 0.560. The smallest absolute Gasteiger partial charge is 0.218 e. The van der Waals surface area contributed by atoms with E-state index in [9.17, 15) is 4.79 Å². The van der Waals surface area contributed by atoms with E-state index in [2.05, 4.69) is 0 Å². The van der Waals surface area contributed by atoms with Gasteiger partial charge in [0.05, 0.1) is 0 Å². The van der Waals surface area contributed by atoms with Gasteiger partial charge in [0, 0.05) is 26.0 Å². The summed E-state index contributed by atoms with van der Waals surface area (Å²) in [6, 6.07) is 9.44. The van der Waals surface area contributed by atoms with Crippen LogP contribution in [0, 0.1) is 0 Å². The summed E-state index contributed by atoms with van der Waals surface area (Å²) in [7, 11) is 3.45. The van der Waals surface area contributed by atoms with Crippen LogP contribution >= 0.6 is 11.6 Å².